The number of phenolic OH excluding ortho intramolecular Hbond substituents is 1. The first-order chi connectivity index (χ1) is 5.77. The Morgan fingerprint density at radius 2 is 2.33 bits per heavy atom. The van der Waals surface area contributed by atoms with Gasteiger partial charge in [0, 0.05) is 13.0 Å². The SMILES string of the molecule is Oc1cccc2c1NCC(F)C2. The molecule has 2 nitrogen and oxygen atoms in total. The van der Waals surface area contributed by atoms with E-state index in [1.807, 2.05) is 6.07 Å². The van der Waals surface area contributed by atoms with E-state index in [0.717, 1.165) is 5.56 Å². The molecule has 0 fully saturated rings. The van der Waals surface area contributed by atoms with Gasteiger partial charge in [-0.15, -0.1) is 0 Å². The van der Waals surface area contributed by atoms with E-state index in [4.69, 9.17) is 0 Å². The number of hydrogen-bond donors (Lipinski definition) is 2. The Labute approximate surface area is 70.0 Å². The van der Waals surface area contributed by atoms with Crippen molar-refractivity contribution in [2.45, 2.75) is 12.6 Å². The van der Waals surface area contributed by atoms with E-state index in [9.17, 15) is 9.50 Å². The quantitative estimate of drug-likeness (QED) is 0.576. The van der Waals surface area contributed by atoms with Crippen LogP contribution in [0, 0.1) is 0 Å². The maximum Gasteiger partial charge on any atom is 0.138 e. The highest BCUT2D eigenvalue weighted by molar-refractivity contribution is 5.62. The van der Waals surface area contributed by atoms with Crippen LogP contribution in [-0.2, 0) is 6.42 Å². The van der Waals surface area contributed by atoms with Crippen LogP contribution in [0.25, 0.3) is 0 Å². The average molecular weight is 167 g/mol. The summed E-state index contributed by atoms with van der Waals surface area (Å²) in [6.45, 7) is 0.296. The van der Waals surface area contributed by atoms with Gasteiger partial charge in [0.2, 0.25) is 0 Å². The number of halogens is 1. The van der Waals surface area contributed by atoms with Crippen LogP contribution >= 0.6 is 0 Å². The molecular formula is C9H10FNO. The first-order valence-corrected chi connectivity index (χ1v) is 3.96. The number of aromatic hydroxyl groups is 1. The molecule has 0 bridgehead atoms. The number of hydrogen-bond acceptors (Lipinski definition) is 2. The van der Waals surface area contributed by atoms with Crippen LogP contribution in [0.2, 0.25) is 0 Å². The minimum Gasteiger partial charge on any atom is -0.506 e. The van der Waals surface area contributed by atoms with E-state index in [1.165, 1.54) is 0 Å². The van der Waals surface area contributed by atoms with Gasteiger partial charge in [-0.05, 0) is 11.6 Å². The normalized spacial score (nSPS) is 21.2. The van der Waals surface area contributed by atoms with Gasteiger partial charge >= 0.3 is 0 Å². The van der Waals surface area contributed by atoms with Gasteiger partial charge in [0.25, 0.3) is 0 Å². The molecular weight excluding hydrogens is 157 g/mol. The summed E-state index contributed by atoms with van der Waals surface area (Å²) in [4.78, 5) is 0. The molecule has 0 saturated carbocycles. The first kappa shape index (κ1) is 7.40. The lowest BCUT2D eigenvalue weighted by molar-refractivity contribution is 0.340. The molecule has 0 spiro atoms. The monoisotopic (exact) mass is 167 g/mol. The molecule has 64 valence electrons. The molecule has 0 saturated heterocycles. The Hall–Kier alpha value is -1.25. The third-order valence-corrected chi connectivity index (χ3v) is 2.07. The molecule has 12 heavy (non-hydrogen) atoms. The van der Waals surface area contributed by atoms with Crippen molar-refractivity contribution in [3.8, 4) is 5.75 Å². The standard InChI is InChI=1S/C9H10FNO/c10-7-4-6-2-1-3-8(12)9(6)11-5-7/h1-3,7,11-12H,4-5H2. The molecule has 0 aromatic heterocycles. The molecule has 2 rings (SSSR count). The van der Waals surface area contributed by atoms with Crippen molar-refractivity contribution in [2.75, 3.05) is 11.9 Å². The summed E-state index contributed by atoms with van der Waals surface area (Å²) in [5, 5.41) is 12.2. The zero-order valence-electron chi connectivity index (χ0n) is 6.55. The highest BCUT2D eigenvalue weighted by atomic mass is 19.1. The van der Waals surface area contributed by atoms with E-state index in [0.29, 0.717) is 18.7 Å². The fraction of sp³-hybridized carbons (Fsp3) is 0.333. The lowest BCUT2D eigenvalue weighted by Crippen LogP contribution is -2.23. The van der Waals surface area contributed by atoms with Crippen LogP contribution in [0.4, 0.5) is 10.1 Å². The van der Waals surface area contributed by atoms with E-state index in [1.54, 1.807) is 12.1 Å². The Morgan fingerprint density at radius 1 is 1.50 bits per heavy atom. The van der Waals surface area contributed by atoms with Crippen molar-refractivity contribution < 1.29 is 9.50 Å². The molecule has 0 radical (unpaired) electrons. The maximum atomic E-state index is 12.8. The summed E-state index contributed by atoms with van der Waals surface area (Å²) in [6.07, 6.45) is -0.434. The summed E-state index contributed by atoms with van der Waals surface area (Å²) in [6, 6.07) is 5.16. The summed E-state index contributed by atoms with van der Waals surface area (Å²) < 4.78 is 12.8. The van der Waals surface area contributed by atoms with Crippen LogP contribution in [0.3, 0.4) is 0 Å². The Balaban J connectivity index is 2.42. The predicted octanol–water partition coefficient (Wildman–Crippen LogP) is 1.70. The maximum absolute atomic E-state index is 12.8. The molecule has 2 N–H and O–H groups in total. The van der Waals surface area contributed by atoms with Crippen LogP contribution in [0.5, 0.6) is 5.75 Å². The van der Waals surface area contributed by atoms with E-state index in [2.05, 4.69) is 5.32 Å². The lowest BCUT2D eigenvalue weighted by atomic mass is 10.0. The second-order valence-corrected chi connectivity index (χ2v) is 2.99. The fourth-order valence-corrected chi connectivity index (χ4v) is 1.48. The van der Waals surface area contributed by atoms with Gasteiger partial charge < -0.3 is 10.4 Å². The van der Waals surface area contributed by atoms with Crippen molar-refractivity contribution in [2.24, 2.45) is 0 Å². The zero-order valence-corrected chi connectivity index (χ0v) is 6.55. The molecule has 1 heterocycles. The molecule has 1 atom stereocenters. The highest BCUT2D eigenvalue weighted by Crippen LogP contribution is 2.31. The topological polar surface area (TPSA) is 32.3 Å². The van der Waals surface area contributed by atoms with Gasteiger partial charge in [0.15, 0.2) is 0 Å². The average Bonchev–Trinajstić information content (AvgIpc) is 2.04. The van der Waals surface area contributed by atoms with E-state index in [-0.39, 0.29) is 5.75 Å². The Bertz CT molecular complexity index is 301. The highest BCUT2D eigenvalue weighted by Gasteiger charge is 2.18. The van der Waals surface area contributed by atoms with Crippen molar-refractivity contribution in [1.82, 2.24) is 0 Å². The van der Waals surface area contributed by atoms with Crippen molar-refractivity contribution in [1.29, 1.82) is 0 Å². The third kappa shape index (κ3) is 1.11. The third-order valence-electron chi connectivity index (χ3n) is 2.07. The minimum atomic E-state index is -0.834. The predicted molar refractivity (Wildman–Crippen MR) is 45.2 cm³/mol. The van der Waals surface area contributed by atoms with Crippen molar-refractivity contribution >= 4 is 5.69 Å². The van der Waals surface area contributed by atoms with Crippen molar-refractivity contribution in [3.05, 3.63) is 23.8 Å². The van der Waals surface area contributed by atoms with E-state index >= 15 is 0 Å². The summed E-state index contributed by atoms with van der Waals surface area (Å²) in [5.74, 6) is 0.208. The number of alkyl halides is 1. The van der Waals surface area contributed by atoms with Gasteiger partial charge in [0.05, 0.1) is 5.69 Å². The van der Waals surface area contributed by atoms with Crippen LogP contribution in [-0.4, -0.2) is 17.8 Å². The van der Waals surface area contributed by atoms with Gasteiger partial charge in [-0.25, -0.2) is 4.39 Å². The molecule has 1 unspecified atom stereocenters. The Morgan fingerprint density at radius 3 is 3.17 bits per heavy atom. The lowest BCUT2D eigenvalue weighted by Gasteiger charge is -2.21. The number of para-hydroxylation sites is 1. The minimum absolute atomic E-state index is 0.208. The van der Waals surface area contributed by atoms with Gasteiger partial charge in [-0.2, -0.15) is 0 Å². The summed E-state index contributed by atoms with van der Waals surface area (Å²) in [5.41, 5.74) is 1.54. The smallest absolute Gasteiger partial charge is 0.138 e. The molecule has 1 aromatic rings. The van der Waals surface area contributed by atoms with Crippen LogP contribution < -0.4 is 5.32 Å². The van der Waals surface area contributed by atoms with Gasteiger partial charge in [0.1, 0.15) is 11.9 Å². The summed E-state index contributed by atoms with van der Waals surface area (Å²) >= 11 is 0. The van der Waals surface area contributed by atoms with Crippen LogP contribution in [0.15, 0.2) is 18.2 Å². The second kappa shape index (κ2) is 2.66. The number of phenols is 1. The number of rotatable bonds is 0. The molecule has 0 amide bonds. The van der Waals surface area contributed by atoms with Crippen molar-refractivity contribution in [3.63, 3.8) is 0 Å². The number of fused-ring (bicyclic) bond motifs is 1. The molecule has 1 aliphatic heterocycles. The molecule has 1 aromatic carbocycles. The van der Waals surface area contributed by atoms with Gasteiger partial charge in [-0.3, -0.25) is 0 Å². The molecule has 1 aliphatic rings. The molecule has 3 heteroatoms. The van der Waals surface area contributed by atoms with E-state index < -0.39 is 6.17 Å². The number of benzene rings is 1. The van der Waals surface area contributed by atoms with Gasteiger partial charge in [-0.1, -0.05) is 12.1 Å². The largest absolute Gasteiger partial charge is 0.506 e. The zero-order chi connectivity index (χ0) is 8.55. The number of nitrogens with one attached hydrogen (secondary N) is 1. The second-order valence-electron chi connectivity index (χ2n) is 2.99. The Kier molecular flexibility index (Phi) is 1.64. The molecule has 0 aliphatic carbocycles. The summed E-state index contributed by atoms with van der Waals surface area (Å²) in [7, 11) is 0. The first-order valence-electron chi connectivity index (χ1n) is 3.96. The van der Waals surface area contributed by atoms with Crippen LogP contribution in [0.1, 0.15) is 5.56 Å². The number of anilines is 1. The fourth-order valence-electron chi connectivity index (χ4n) is 1.48.